The van der Waals surface area contributed by atoms with Crippen molar-refractivity contribution in [1.82, 2.24) is 0 Å². The minimum Gasteiger partial charge on any atom is -0.396 e. The third kappa shape index (κ3) is 2.16. The Hall–Kier alpha value is -0.200. The van der Waals surface area contributed by atoms with Crippen molar-refractivity contribution in [1.29, 1.82) is 0 Å². The van der Waals surface area contributed by atoms with Crippen LogP contribution >= 0.6 is 0 Å². The second-order valence-corrected chi connectivity index (χ2v) is 4.45. The highest BCUT2D eigenvalue weighted by Crippen LogP contribution is 2.41. The Kier molecular flexibility index (Phi) is 4.48. The van der Waals surface area contributed by atoms with Gasteiger partial charge < -0.3 is 25.5 Å². The fourth-order valence-corrected chi connectivity index (χ4v) is 2.42. The number of rotatable bonds is 4. The first-order valence-electron chi connectivity index (χ1n) is 5.26. The summed E-state index contributed by atoms with van der Waals surface area (Å²) >= 11 is 0. The smallest absolute Gasteiger partial charge is 0.0694 e. The van der Waals surface area contributed by atoms with Gasteiger partial charge in [0.2, 0.25) is 0 Å². The number of aliphatic hydroxyl groups excluding tert-OH is 5. The van der Waals surface area contributed by atoms with Gasteiger partial charge in [0, 0.05) is 24.5 Å². The van der Waals surface area contributed by atoms with Crippen molar-refractivity contribution in [3.63, 3.8) is 0 Å². The van der Waals surface area contributed by atoms with Crippen LogP contribution in [0.15, 0.2) is 0 Å². The summed E-state index contributed by atoms with van der Waals surface area (Å²) in [7, 11) is 0. The van der Waals surface area contributed by atoms with Gasteiger partial charge in [0.1, 0.15) is 0 Å². The second-order valence-electron chi connectivity index (χ2n) is 4.45. The minimum absolute atomic E-state index is 0.0881. The van der Waals surface area contributed by atoms with Crippen molar-refractivity contribution < 1.29 is 25.5 Å². The molecule has 0 aromatic rings. The highest BCUT2D eigenvalue weighted by atomic mass is 16.3. The zero-order chi connectivity index (χ0) is 11.5. The normalized spacial score (nSPS) is 35.4. The van der Waals surface area contributed by atoms with Gasteiger partial charge in [0.05, 0.1) is 19.3 Å². The minimum atomic E-state index is -0.969. The summed E-state index contributed by atoms with van der Waals surface area (Å²) in [6.45, 7) is -0.942. The van der Waals surface area contributed by atoms with Gasteiger partial charge in [-0.15, -0.1) is 0 Å². The maximum absolute atomic E-state index is 9.99. The van der Waals surface area contributed by atoms with E-state index < -0.39 is 17.4 Å². The SMILES string of the molecule is OCC1CCC(CO)(CO)C(O)C1CO. The average Bonchev–Trinajstić information content (AvgIpc) is 2.29. The Morgan fingerprint density at radius 2 is 1.60 bits per heavy atom. The van der Waals surface area contributed by atoms with Crippen molar-refractivity contribution in [2.45, 2.75) is 18.9 Å². The van der Waals surface area contributed by atoms with E-state index in [4.69, 9.17) is 10.2 Å². The third-order valence-electron chi connectivity index (χ3n) is 3.73. The average molecular weight is 220 g/mol. The molecule has 0 amide bonds. The van der Waals surface area contributed by atoms with Crippen LogP contribution in [0, 0.1) is 17.3 Å². The Morgan fingerprint density at radius 1 is 1.00 bits per heavy atom. The number of aliphatic hydroxyl groups is 5. The van der Waals surface area contributed by atoms with E-state index in [9.17, 15) is 15.3 Å². The monoisotopic (exact) mass is 220 g/mol. The molecule has 0 saturated heterocycles. The molecule has 0 radical (unpaired) electrons. The fourth-order valence-electron chi connectivity index (χ4n) is 2.42. The lowest BCUT2D eigenvalue weighted by Gasteiger charge is -2.46. The van der Waals surface area contributed by atoms with Crippen LogP contribution in [0.1, 0.15) is 12.8 Å². The molecule has 15 heavy (non-hydrogen) atoms. The van der Waals surface area contributed by atoms with E-state index in [1.54, 1.807) is 0 Å². The van der Waals surface area contributed by atoms with Gasteiger partial charge in [0.15, 0.2) is 0 Å². The first-order valence-corrected chi connectivity index (χ1v) is 5.26. The van der Waals surface area contributed by atoms with Crippen molar-refractivity contribution >= 4 is 0 Å². The van der Waals surface area contributed by atoms with Crippen LogP contribution in [0.2, 0.25) is 0 Å². The molecule has 0 heterocycles. The van der Waals surface area contributed by atoms with Gasteiger partial charge in [-0.2, -0.15) is 0 Å². The molecule has 1 aliphatic carbocycles. The second kappa shape index (κ2) is 5.23. The molecule has 3 atom stereocenters. The molecule has 5 nitrogen and oxygen atoms in total. The summed E-state index contributed by atoms with van der Waals surface area (Å²) in [6.07, 6.45) is 0.0893. The van der Waals surface area contributed by atoms with Crippen molar-refractivity contribution in [2.24, 2.45) is 17.3 Å². The van der Waals surface area contributed by atoms with Crippen molar-refractivity contribution in [2.75, 3.05) is 26.4 Å². The van der Waals surface area contributed by atoms with Crippen LogP contribution in [0.25, 0.3) is 0 Å². The largest absolute Gasteiger partial charge is 0.396 e. The van der Waals surface area contributed by atoms with Crippen LogP contribution in [-0.4, -0.2) is 58.1 Å². The summed E-state index contributed by atoms with van der Waals surface area (Å²) in [5, 5.41) is 46.7. The summed E-state index contributed by atoms with van der Waals surface area (Å²) in [4.78, 5) is 0. The summed E-state index contributed by atoms with van der Waals surface area (Å²) in [6, 6.07) is 0. The maximum atomic E-state index is 9.99. The molecular formula is C10H20O5. The Labute approximate surface area is 89.0 Å². The van der Waals surface area contributed by atoms with Gasteiger partial charge in [-0.25, -0.2) is 0 Å². The standard InChI is InChI=1S/C10H20O5/c11-3-7-1-2-10(5-13,6-14)9(15)8(7)4-12/h7-9,11-15H,1-6H2. The number of hydrogen-bond donors (Lipinski definition) is 5. The summed E-state index contributed by atoms with van der Waals surface area (Å²) in [5.74, 6) is -0.626. The van der Waals surface area contributed by atoms with E-state index in [0.717, 1.165) is 0 Å². The van der Waals surface area contributed by atoms with E-state index in [1.165, 1.54) is 0 Å². The van der Waals surface area contributed by atoms with Gasteiger partial charge in [-0.3, -0.25) is 0 Å². The first kappa shape index (κ1) is 12.9. The van der Waals surface area contributed by atoms with Crippen LogP contribution in [0.3, 0.4) is 0 Å². The molecule has 0 bridgehead atoms. The van der Waals surface area contributed by atoms with Gasteiger partial charge >= 0.3 is 0 Å². The topological polar surface area (TPSA) is 101 Å². The molecule has 5 N–H and O–H groups in total. The van der Waals surface area contributed by atoms with Gasteiger partial charge in [0.25, 0.3) is 0 Å². The van der Waals surface area contributed by atoms with Crippen molar-refractivity contribution in [3.8, 4) is 0 Å². The van der Waals surface area contributed by atoms with Crippen LogP contribution in [0.5, 0.6) is 0 Å². The Bertz CT molecular complexity index is 192. The molecule has 1 fully saturated rings. The molecule has 0 aromatic heterocycles. The molecule has 0 aromatic carbocycles. The zero-order valence-electron chi connectivity index (χ0n) is 8.71. The zero-order valence-corrected chi connectivity index (χ0v) is 8.71. The molecular weight excluding hydrogens is 200 g/mol. The Morgan fingerprint density at radius 3 is 2.00 bits per heavy atom. The van der Waals surface area contributed by atoms with Crippen LogP contribution < -0.4 is 0 Å². The molecule has 90 valence electrons. The lowest BCUT2D eigenvalue weighted by Crippen LogP contribution is -2.53. The molecule has 1 aliphatic rings. The molecule has 1 rings (SSSR count). The van der Waals surface area contributed by atoms with Gasteiger partial charge in [-0.1, -0.05) is 0 Å². The quantitative estimate of drug-likeness (QED) is 0.390. The maximum Gasteiger partial charge on any atom is 0.0694 e. The summed E-state index contributed by atoms with van der Waals surface area (Å²) in [5.41, 5.74) is -0.931. The van der Waals surface area contributed by atoms with E-state index >= 15 is 0 Å². The van der Waals surface area contributed by atoms with E-state index in [1.807, 2.05) is 0 Å². The highest BCUT2D eigenvalue weighted by Gasteiger charge is 2.47. The molecule has 1 saturated carbocycles. The van der Waals surface area contributed by atoms with Crippen LogP contribution in [-0.2, 0) is 0 Å². The lowest BCUT2D eigenvalue weighted by atomic mass is 9.64. The molecule has 0 spiro atoms. The molecule has 0 aliphatic heterocycles. The highest BCUT2D eigenvalue weighted by molar-refractivity contribution is 4.96. The van der Waals surface area contributed by atoms with E-state index in [2.05, 4.69) is 0 Å². The van der Waals surface area contributed by atoms with E-state index in [-0.39, 0.29) is 32.3 Å². The Balaban J connectivity index is 2.82. The number of hydrogen-bond acceptors (Lipinski definition) is 5. The van der Waals surface area contributed by atoms with Crippen molar-refractivity contribution in [3.05, 3.63) is 0 Å². The lowest BCUT2D eigenvalue weighted by molar-refractivity contribution is -0.139. The molecule has 5 heteroatoms. The predicted octanol–water partition coefficient (Wildman–Crippen LogP) is -1.67. The van der Waals surface area contributed by atoms with E-state index in [0.29, 0.717) is 12.8 Å². The third-order valence-corrected chi connectivity index (χ3v) is 3.73. The predicted molar refractivity (Wildman–Crippen MR) is 53.0 cm³/mol. The molecule has 3 unspecified atom stereocenters. The van der Waals surface area contributed by atoms with Gasteiger partial charge in [-0.05, 0) is 18.8 Å². The first-order chi connectivity index (χ1) is 7.15. The fraction of sp³-hybridized carbons (Fsp3) is 1.00. The van der Waals surface area contributed by atoms with Crippen LogP contribution in [0.4, 0.5) is 0 Å². The summed E-state index contributed by atoms with van der Waals surface area (Å²) < 4.78 is 0.